The fraction of sp³-hybridized carbons (Fsp3) is 0.300. The fourth-order valence-electron chi connectivity index (χ4n) is 2.91. The first-order valence-corrected chi connectivity index (χ1v) is 9.38. The lowest BCUT2D eigenvalue weighted by Crippen LogP contribution is -2.23. The number of hydrogen-bond donors (Lipinski definition) is 1. The number of rotatable bonds is 5. The van der Waals surface area contributed by atoms with Gasteiger partial charge in [0.1, 0.15) is 17.1 Å². The fourth-order valence-corrected chi connectivity index (χ4v) is 3.81. The molecule has 0 aliphatic rings. The maximum absolute atomic E-state index is 12.7. The minimum Gasteiger partial charge on any atom is -0.458 e. The van der Waals surface area contributed by atoms with Crippen LogP contribution in [0.5, 0.6) is 0 Å². The summed E-state index contributed by atoms with van der Waals surface area (Å²) in [6.07, 6.45) is -0.215. The number of nitrogens with zero attached hydrogens (tertiary/aromatic N) is 1. The van der Waals surface area contributed by atoms with E-state index in [0.29, 0.717) is 5.69 Å². The summed E-state index contributed by atoms with van der Waals surface area (Å²) < 4.78 is 7.06. The Labute approximate surface area is 156 Å². The van der Waals surface area contributed by atoms with Crippen molar-refractivity contribution in [2.24, 2.45) is 0 Å². The van der Waals surface area contributed by atoms with E-state index in [1.165, 1.54) is 11.3 Å². The monoisotopic (exact) mass is 370 g/mol. The van der Waals surface area contributed by atoms with Crippen molar-refractivity contribution in [1.29, 1.82) is 0 Å². The number of anilines is 1. The Morgan fingerprint density at radius 1 is 1.19 bits per heavy atom. The van der Waals surface area contributed by atoms with Crippen LogP contribution in [0.4, 0.5) is 5.69 Å². The van der Waals surface area contributed by atoms with Crippen LogP contribution in [0.25, 0.3) is 10.2 Å². The van der Waals surface area contributed by atoms with Crippen molar-refractivity contribution in [3.8, 4) is 0 Å². The molecule has 6 heteroatoms. The summed E-state index contributed by atoms with van der Waals surface area (Å²) in [6, 6.07) is 9.60. The molecule has 3 aromatic rings. The van der Waals surface area contributed by atoms with Crippen LogP contribution >= 0.6 is 11.3 Å². The molecule has 1 amide bonds. The molecule has 136 valence electrons. The van der Waals surface area contributed by atoms with Gasteiger partial charge in [-0.1, -0.05) is 18.2 Å². The van der Waals surface area contributed by atoms with Crippen molar-refractivity contribution in [2.75, 3.05) is 5.32 Å². The minimum absolute atomic E-state index is 0.0559. The molecule has 1 aromatic carbocycles. The summed E-state index contributed by atoms with van der Waals surface area (Å²) in [4.78, 5) is 26.0. The number of fused-ring (bicyclic) bond motifs is 1. The van der Waals surface area contributed by atoms with Crippen LogP contribution in [0.15, 0.2) is 35.7 Å². The van der Waals surface area contributed by atoms with E-state index in [1.807, 2.05) is 43.5 Å². The minimum atomic E-state index is -0.414. The van der Waals surface area contributed by atoms with E-state index < -0.39 is 5.97 Å². The normalized spacial score (nSPS) is 11.1. The zero-order valence-electron chi connectivity index (χ0n) is 15.3. The van der Waals surface area contributed by atoms with E-state index in [1.54, 1.807) is 24.5 Å². The van der Waals surface area contributed by atoms with Gasteiger partial charge in [0.15, 0.2) is 0 Å². The average Bonchev–Trinajstić information content (AvgIpc) is 3.13. The number of hydrogen-bond acceptors (Lipinski definition) is 4. The molecule has 0 unspecified atom stereocenters. The van der Waals surface area contributed by atoms with E-state index >= 15 is 0 Å². The number of amides is 1. The molecule has 2 heterocycles. The summed E-state index contributed by atoms with van der Waals surface area (Å²) in [6.45, 7) is 7.59. The van der Waals surface area contributed by atoms with Crippen LogP contribution in [0.1, 0.15) is 35.5 Å². The molecular weight excluding hydrogens is 348 g/mol. The van der Waals surface area contributed by atoms with E-state index in [9.17, 15) is 9.59 Å². The third kappa shape index (κ3) is 3.65. The molecular formula is C20H22N2O3S. The second-order valence-corrected chi connectivity index (χ2v) is 7.46. The van der Waals surface area contributed by atoms with Crippen LogP contribution in [-0.4, -0.2) is 22.5 Å². The SMILES string of the molecule is Cc1cccc(C)c1NC(=O)Cn1c(C(=O)OC(C)C)cc2ccsc21. The van der Waals surface area contributed by atoms with E-state index in [0.717, 1.165) is 27.0 Å². The van der Waals surface area contributed by atoms with Gasteiger partial charge in [-0.3, -0.25) is 4.79 Å². The second kappa shape index (κ2) is 7.33. The van der Waals surface area contributed by atoms with Gasteiger partial charge in [0.05, 0.1) is 6.10 Å². The Morgan fingerprint density at radius 3 is 2.54 bits per heavy atom. The number of aromatic nitrogens is 1. The second-order valence-electron chi connectivity index (χ2n) is 6.57. The van der Waals surface area contributed by atoms with Crippen LogP contribution in [-0.2, 0) is 16.1 Å². The lowest BCUT2D eigenvalue weighted by molar-refractivity contribution is -0.116. The summed E-state index contributed by atoms with van der Waals surface area (Å²) in [5.74, 6) is -0.588. The van der Waals surface area contributed by atoms with Crippen LogP contribution in [0.2, 0.25) is 0 Å². The Morgan fingerprint density at radius 2 is 1.88 bits per heavy atom. The van der Waals surface area contributed by atoms with Gasteiger partial charge in [-0.25, -0.2) is 4.79 Å². The number of benzene rings is 1. The molecule has 0 aliphatic carbocycles. The maximum Gasteiger partial charge on any atom is 0.355 e. The highest BCUT2D eigenvalue weighted by atomic mass is 32.1. The Balaban J connectivity index is 1.89. The zero-order valence-corrected chi connectivity index (χ0v) is 16.1. The highest BCUT2D eigenvalue weighted by molar-refractivity contribution is 7.16. The van der Waals surface area contributed by atoms with Crippen LogP contribution in [0, 0.1) is 13.8 Å². The Kier molecular flexibility index (Phi) is 5.13. The van der Waals surface area contributed by atoms with Gasteiger partial charge < -0.3 is 14.6 Å². The van der Waals surface area contributed by atoms with E-state index in [4.69, 9.17) is 4.74 Å². The molecule has 2 aromatic heterocycles. The van der Waals surface area contributed by atoms with Gasteiger partial charge in [-0.2, -0.15) is 0 Å². The number of nitrogens with one attached hydrogen (secondary N) is 1. The molecule has 5 nitrogen and oxygen atoms in total. The molecule has 3 rings (SSSR count). The molecule has 0 fully saturated rings. The average molecular weight is 370 g/mol. The van der Waals surface area contributed by atoms with Crippen molar-refractivity contribution in [2.45, 2.75) is 40.3 Å². The van der Waals surface area contributed by atoms with Crippen molar-refractivity contribution in [3.63, 3.8) is 0 Å². The van der Waals surface area contributed by atoms with Crippen LogP contribution in [0.3, 0.4) is 0 Å². The smallest absolute Gasteiger partial charge is 0.355 e. The number of para-hydroxylation sites is 1. The Bertz CT molecular complexity index is 949. The molecule has 0 saturated carbocycles. The van der Waals surface area contributed by atoms with Gasteiger partial charge in [0.25, 0.3) is 0 Å². The van der Waals surface area contributed by atoms with Crippen molar-refractivity contribution in [3.05, 3.63) is 52.5 Å². The van der Waals surface area contributed by atoms with E-state index in [-0.39, 0.29) is 18.6 Å². The maximum atomic E-state index is 12.7. The first kappa shape index (κ1) is 18.2. The number of ether oxygens (including phenoxy) is 1. The topological polar surface area (TPSA) is 60.3 Å². The molecule has 0 radical (unpaired) electrons. The third-order valence-corrected chi connectivity index (χ3v) is 5.05. The van der Waals surface area contributed by atoms with Gasteiger partial charge in [0.2, 0.25) is 5.91 Å². The van der Waals surface area contributed by atoms with Gasteiger partial charge in [0, 0.05) is 11.1 Å². The summed E-state index contributed by atoms with van der Waals surface area (Å²) in [5, 5.41) is 5.86. The van der Waals surface area contributed by atoms with Crippen molar-refractivity contribution in [1.82, 2.24) is 4.57 Å². The third-order valence-electron chi connectivity index (χ3n) is 4.10. The molecule has 26 heavy (non-hydrogen) atoms. The summed E-state index contributed by atoms with van der Waals surface area (Å²) >= 11 is 1.50. The molecule has 0 atom stereocenters. The lowest BCUT2D eigenvalue weighted by atomic mass is 10.1. The predicted molar refractivity (Wildman–Crippen MR) is 105 cm³/mol. The number of esters is 1. The van der Waals surface area contributed by atoms with E-state index in [2.05, 4.69) is 5.32 Å². The first-order chi connectivity index (χ1) is 12.4. The molecule has 0 saturated heterocycles. The van der Waals surface area contributed by atoms with Crippen molar-refractivity contribution < 1.29 is 14.3 Å². The van der Waals surface area contributed by atoms with Gasteiger partial charge >= 0.3 is 5.97 Å². The van der Waals surface area contributed by atoms with Gasteiger partial charge in [-0.05, 0) is 56.3 Å². The largest absolute Gasteiger partial charge is 0.458 e. The standard InChI is InChI=1S/C20H22N2O3S/c1-12(2)25-20(24)16-10-15-8-9-26-19(15)22(16)11-17(23)21-18-13(3)6-5-7-14(18)4/h5-10,12H,11H2,1-4H3,(H,21,23). The number of carbonyl (C=O) groups is 2. The highest BCUT2D eigenvalue weighted by Gasteiger charge is 2.21. The molecule has 1 N–H and O–H groups in total. The lowest BCUT2D eigenvalue weighted by Gasteiger charge is -2.14. The first-order valence-electron chi connectivity index (χ1n) is 8.50. The quantitative estimate of drug-likeness (QED) is 0.672. The number of carbonyl (C=O) groups excluding carboxylic acids is 2. The zero-order chi connectivity index (χ0) is 18.8. The molecule has 0 spiro atoms. The predicted octanol–water partition coefficient (Wildman–Crippen LogP) is 4.52. The summed E-state index contributed by atoms with van der Waals surface area (Å²) in [5.41, 5.74) is 3.23. The van der Waals surface area contributed by atoms with Gasteiger partial charge in [-0.15, -0.1) is 11.3 Å². The van der Waals surface area contributed by atoms with Crippen LogP contribution < -0.4 is 5.32 Å². The number of aryl methyl sites for hydroxylation is 2. The Hall–Kier alpha value is -2.60. The summed E-state index contributed by atoms with van der Waals surface area (Å²) in [7, 11) is 0. The highest BCUT2D eigenvalue weighted by Crippen LogP contribution is 2.26. The van der Waals surface area contributed by atoms with Crippen molar-refractivity contribution >= 4 is 39.1 Å². The molecule has 0 aliphatic heterocycles. The molecule has 0 bridgehead atoms. The number of thiophene rings is 1.